The van der Waals surface area contributed by atoms with Gasteiger partial charge >= 0.3 is 0 Å². The zero-order valence-electron chi connectivity index (χ0n) is 15.9. The highest BCUT2D eigenvalue weighted by atomic mass is 16.5. The van der Waals surface area contributed by atoms with Gasteiger partial charge in [0.2, 0.25) is 5.91 Å². The minimum Gasteiger partial charge on any atom is -0.481 e. The molecule has 0 aromatic heterocycles. The van der Waals surface area contributed by atoms with E-state index in [1.807, 2.05) is 91.9 Å². The molecular weight excluding hydrogens is 346 g/mol. The van der Waals surface area contributed by atoms with Crippen LogP contribution in [-0.2, 0) is 4.79 Å². The molecule has 140 valence electrons. The lowest BCUT2D eigenvalue weighted by molar-refractivity contribution is -0.121. The number of aryl methyl sites for hydroxylation is 1. The van der Waals surface area contributed by atoms with E-state index in [0.29, 0.717) is 6.61 Å². The van der Waals surface area contributed by atoms with Crippen LogP contribution in [0.1, 0.15) is 22.6 Å². The van der Waals surface area contributed by atoms with Crippen molar-refractivity contribution in [1.29, 1.82) is 0 Å². The number of hydrogen-bond donors (Lipinski definition) is 1. The van der Waals surface area contributed by atoms with Gasteiger partial charge in [0.05, 0.1) is 12.5 Å². The summed E-state index contributed by atoms with van der Waals surface area (Å²) in [6, 6.07) is 27.4. The van der Waals surface area contributed by atoms with Gasteiger partial charge in [-0.2, -0.15) is 0 Å². The predicted octanol–water partition coefficient (Wildman–Crippen LogP) is 4.33. The number of carbonyl (C=O) groups is 1. The molecular formula is C25H23NO2. The summed E-state index contributed by atoms with van der Waals surface area (Å²) in [6.45, 7) is 2.57. The van der Waals surface area contributed by atoms with Gasteiger partial charge in [-0.25, -0.2) is 0 Å². The van der Waals surface area contributed by atoms with Crippen LogP contribution in [0.4, 0.5) is 0 Å². The summed E-state index contributed by atoms with van der Waals surface area (Å²) in [5, 5.41) is 2.92. The first-order valence-corrected chi connectivity index (χ1v) is 9.27. The van der Waals surface area contributed by atoms with Crippen molar-refractivity contribution in [1.82, 2.24) is 5.32 Å². The van der Waals surface area contributed by atoms with Crippen LogP contribution in [-0.4, -0.2) is 19.1 Å². The fraction of sp³-hybridized carbons (Fsp3) is 0.160. The first kappa shape index (κ1) is 19.3. The van der Waals surface area contributed by atoms with Crippen LogP contribution in [0.5, 0.6) is 5.75 Å². The van der Waals surface area contributed by atoms with Crippen LogP contribution in [0, 0.1) is 18.8 Å². The lowest BCUT2D eigenvalue weighted by Crippen LogP contribution is -2.30. The van der Waals surface area contributed by atoms with Gasteiger partial charge in [-0.15, -0.1) is 0 Å². The van der Waals surface area contributed by atoms with E-state index < -0.39 is 0 Å². The molecule has 0 fully saturated rings. The summed E-state index contributed by atoms with van der Waals surface area (Å²) in [4.78, 5) is 12.8. The molecule has 0 radical (unpaired) electrons. The molecule has 0 saturated carbocycles. The maximum atomic E-state index is 12.8. The Morgan fingerprint density at radius 3 is 2.04 bits per heavy atom. The fourth-order valence-corrected chi connectivity index (χ4v) is 2.97. The van der Waals surface area contributed by atoms with Crippen molar-refractivity contribution in [3.05, 3.63) is 102 Å². The van der Waals surface area contributed by atoms with Crippen molar-refractivity contribution < 1.29 is 9.53 Å². The van der Waals surface area contributed by atoms with E-state index in [9.17, 15) is 4.79 Å². The Kier molecular flexibility index (Phi) is 6.87. The summed E-state index contributed by atoms with van der Waals surface area (Å²) in [5.74, 6) is 6.32. The van der Waals surface area contributed by atoms with Crippen LogP contribution in [0.2, 0.25) is 0 Å². The van der Waals surface area contributed by atoms with Gasteiger partial charge in [-0.3, -0.25) is 4.79 Å². The fourth-order valence-electron chi connectivity index (χ4n) is 2.97. The van der Waals surface area contributed by atoms with E-state index in [0.717, 1.165) is 22.4 Å². The first-order valence-electron chi connectivity index (χ1n) is 9.27. The molecule has 0 saturated heterocycles. The Morgan fingerprint density at radius 1 is 0.857 bits per heavy atom. The Morgan fingerprint density at radius 2 is 1.43 bits per heavy atom. The van der Waals surface area contributed by atoms with Crippen molar-refractivity contribution in [3.63, 3.8) is 0 Å². The van der Waals surface area contributed by atoms with Gasteiger partial charge in [-0.1, -0.05) is 90.7 Å². The SMILES string of the molecule is Cc1ccccc1OCC#CCNC(=O)C(c1ccccc1)c1ccccc1. The molecule has 0 aliphatic heterocycles. The van der Waals surface area contributed by atoms with Gasteiger partial charge in [0.15, 0.2) is 0 Å². The van der Waals surface area contributed by atoms with Gasteiger partial charge in [0.25, 0.3) is 0 Å². The molecule has 0 aliphatic rings. The maximum absolute atomic E-state index is 12.8. The third-order valence-electron chi connectivity index (χ3n) is 4.40. The number of benzene rings is 3. The molecule has 3 aromatic rings. The summed E-state index contributed by atoms with van der Waals surface area (Å²) in [6.07, 6.45) is 0. The molecule has 0 spiro atoms. The zero-order chi connectivity index (χ0) is 19.6. The molecule has 0 unspecified atom stereocenters. The van der Waals surface area contributed by atoms with Crippen molar-refractivity contribution in [2.24, 2.45) is 0 Å². The molecule has 3 aromatic carbocycles. The summed E-state index contributed by atoms with van der Waals surface area (Å²) >= 11 is 0. The number of carbonyl (C=O) groups excluding carboxylic acids is 1. The van der Waals surface area contributed by atoms with Crippen molar-refractivity contribution in [2.75, 3.05) is 13.2 Å². The third kappa shape index (κ3) is 5.25. The smallest absolute Gasteiger partial charge is 0.232 e. The van der Waals surface area contributed by atoms with E-state index in [2.05, 4.69) is 17.2 Å². The highest BCUT2D eigenvalue weighted by Crippen LogP contribution is 2.24. The number of nitrogens with one attached hydrogen (secondary N) is 1. The highest BCUT2D eigenvalue weighted by Gasteiger charge is 2.21. The standard InChI is InChI=1S/C25H23NO2/c1-20-12-8-9-17-23(20)28-19-11-10-18-26-25(27)24(21-13-4-2-5-14-21)22-15-6-3-7-16-22/h2-9,12-17,24H,18-19H2,1H3,(H,26,27). The largest absolute Gasteiger partial charge is 0.481 e. The predicted molar refractivity (Wildman–Crippen MR) is 112 cm³/mol. The Labute approximate surface area is 166 Å². The Balaban J connectivity index is 1.59. The van der Waals surface area contributed by atoms with E-state index in [1.54, 1.807) is 0 Å². The third-order valence-corrected chi connectivity index (χ3v) is 4.40. The molecule has 1 amide bonds. The quantitative estimate of drug-likeness (QED) is 0.657. The number of rotatable bonds is 6. The second-order valence-corrected chi connectivity index (χ2v) is 6.38. The van der Waals surface area contributed by atoms with E-state index in [1.165, 1.54) is 0 Å². The Hall–Kier alpha value is -3.51. The average molecular weight is 369 g/mol. The molecule has 0 bridgehead atoms. The lowest BCUT2D eigenvalue weighted by atomic mass is 9.90. The van der Waals surface area contributed by atoms with Crippen molar-refractivity contribution >= 4 is 5.91 Å². The Bertz CT molecular complexity index is 916. The number of hydrogen-bond acceptors (Lipinski definition) is 2. The lowest BCUT2D eigenvalue weighted by Gasteiger charge is -2.17. The number of ether oxygens (including phenoxy) is 1. The second-order valence-electron chi connectivity index (χ2n) is 6.38. The minimum atomic E-state index is -0.354. The van der Waals surface area contributed by atoms with Crippen LogP contribution < -0.4 is 10.1 Å². The van der Waals surface area contributed by atoms with Gasteiger partial charge in [0.1, 0.15) is 12.4 Å². The van der Waals surface area contributed by atoms with Crippen molar-refractivity contribution in [3.8, 4) is 17.6 Å². The van der Waals surface area contributed by atoms with E-state index in [-0.39, 0.29) is 18.4 Å². The van der Waals surface area contributed by atoms with Crippen LogP contribution in [0.25, 0.3) is 0 Å². The zero-order valence-corrected chi connectivity index (χ0v) is 15.9. The number of para-hydroxylation sites is 1. The van der Waals surface area contributed by atoms with Gasteiger partial charge in [0, 0.05) is 0 Å². The summed E-state index contributed by atoms with van der Waals surface area (Å²) < 4.78 is 5.64. The molecule has 0 heterocycles. The van der Waals surface area contributed by atoms with Crippen molar-refractivity contribution in [2.45, 2.75) is 12.8 Å². The summed E-state index contributed by atoms with van der Waals surface area (Å²) in [7, 11) is 0. The molecule has 3 nitrogen and oxygen atoms in total. The molecule has 3 rings (SSSR count). The molecule has 1 N–H and O–H groups in total. The monoisotopic (exact) mass is 369 g/mol. The second kappa shape index (κ2) is 9.99. The van der Waals surface area contributed by atoms with E-state index in [4.69, 9.17) is 4.74 Å². The molecule has 0 atom stereocenters. The van der Waals surface area contributed by atoms with Crippen LogP contribution in [0.15, 0.2) is 84.9 Å². The normalized spacial score (nSPS) is 10.1. The van der Waals surface area contributed by atoms with E-state index >= 15 is 0 Å². The molecule has 28 heavy (non-hydrogen) atoms. The minimum absolute atomic E-state index is 0.0634. The first-order chi connectivity index (χ1) is 13.8. The highest BCUT2D eigenvalue weighted by molar-refractivity contribution is 5.87. The van der Waals surface area contributed by atoms with Crippen LogP contribution in [0.3, 0.4) is 0 Å². The number of amides is 1. The molecule has 3 heteroatoms. The van der Waals surface area contributed by atoms with Gasteiger partial charge < -0.3 is 10.1 Å². The topological polar surface area (TPSA) is 38.3 Å². The maximum Gasteiger partial charge on any atom is 0.232 e. The van der Waals surface area contributed by atoms with Crippen LogP contribution >= 0.6 is 0 Å². The summed E-state index contributed by atoms with van der Waals surface area (Å²) in [5.41, 5.74) is 3.00. The van der Waals surface area contributed by atoms with Gasteiger partial charge in [-0.05, 0) is 29.7 Å². The average Bonchev–Trinajstić information content (AvgIpc) is 2.73. The molecule has 0 aliphatic carbocycles.